The highest BCUT2D eigenvalue weighted by Gasteiger charge is 2.16. The molecule has 2 aromatic heterocycles. The number of aromatic nitrogens is 2. The summed E-state index contributed by atoms with van der Waals surface area (Å²) in [4.78, 5) is 7.96. The van der Waals surface area contributed by atoms with Gasteiger partial charge in [-0.1, -0.05) is 11.8 Å². The number of aryl methyl sites for hydroxylation is 1. The van der Waals surface area contributed by atoms with Crippen molar-refractivity contribution < 1.29 is 8.42 Å². The van der Waals surface area contributed by atoms with Gasteiger partial charge in [-0.25, -0.2) is 13.4 Å². The SMILES string of the molecule is Cc1csc(NS(=O)(=O)c2cncc(C#CCN)c2)n1. The van der Waals surface area contributed by atoms with Crippen LogP contribution in [0.25, 0.3) is 0 Å². The normalized spacial score (nSPS) is 10.7. The first-order valence-electron chi connectivity index (χ1n) is 5.60. The Kier molecular flexibility index (Phi) is 4.34. The van der Waals surface area contributed by atoms with E-state index < -0.39 is 10.0 Å². The number of anilines is 1. The van der Waals surface area contributed by atoms with Crippen LogP contribution < -0.4 is 10.5 Å². The van der Waals surface area contributed by atoms with Crippen LogP contribution in [0.2, 0.25) is 0 Å². The zero-order valence-corrected chi connectivity index (χ0v) is 12.3. The highest BCUT2D eigenvalue weighted by atomic mass is 32.2. The maximum Gasteiger partial charge on any atom is 0.265 e. The first-order chi connectivity index (χ1) is 9.51. The zero-order valence-electron chi connectivity index (χ0n) is 10.6. The van der Waals surface area contributed by atoms with Gasteiger partial charge < -0.3 is 5.73 Å². The van der Waals surface area contributed by atoms with Crippen LogP contribution in [0.4, 0.5) is 5.13 Å². The Labute approximate surface area is 121 Å². The van der Waals surface area contributed by atoms with Crippen molar-refractivity contribution in [3.05, 3.63) is 35.1 Å². The van der Waals surface area contributed by atoms with Crippen molar-refractivity contribution in [1.82, 2.24) is 9.97 Å². The Morgan fingerprint density at radius 2 is 2.25 bits per heavy atom. The molecule has 0 fully saturated rings. The molecule has 8 heteroatoms. The van der Waals surface area contributed by atoms with E-state index in [1.165, 1.54) is 29.8 Å². The summed E-state index contributed by atoms with van der Waals surface area (Å²) in [6.45, 7) is 1.99. The molecule has 0 spiro atoms. The lowest BCUT2D eigenvalue weighted by atomic mass is 10.3. The van der Waals surface area contributed by atoms with Gasteiger partial charge in [-0.05, 0) is 13.0 Å². The third-order valence-electron chi connectivity index (χ3n) is 2.20. The number of pyridine rings is 1. The van der Waals surface area contributed by atoms with Gasteiger partial charge in [-0.15, -0.1) is 11.3 Å². The Morgan fingerprint density at radius 3 is 2.90 bits per heavy atom. The third kappa shape index (κ3) is 3.54. The smallest absolute Gasteiger partial charge is 0.265 e. The van der Waals surface area contributed by atoms with Crippen LogP contribution in [0.15, 0.2) is 28.7 Å². The van der Waals surface area contributed by atoms with E-state index in [4.69, 9.17) is 5.73 Å². The molecule has 0 aliphatic heterocycles. The van der Waals surface area contributed by atoms with E-state index in [9.17, 15) is 8.42 Å². The van der Waals surface area contributed by atoms with Gasteiger partial charge >= 0.3 is 0 Å². The summed E-state index contributed by atoms with van der Waals surface area (Å²) < 4.78 is 26.8. The molecule has 0 bridgehead atoms. The van der Waals surface area contributed by atoms with Crippen molar-refractivity contribution in [3.63, 3.8) is 0 Å². The van der Waals surface area contributed by atoms with Crippen LogP contribution in [0, 0.1) is 18.8 Å². The third-order valence-corrected chi connectivity index (χ3v) is 4.51. The number of nitrogens with one attached hydrogen (secondary N) is 1. The Hall–Kier alpha value is -1.95. The lowest BCUT2D eigenvalue weighted by Crippen LogP contribution is -2.13. The number of nitrogens with zero attached hydrogens (tertiary/aromatic N) is 2. The van der Waals surface area contributed by atoms with Gasteiger partial charge in [0.05, 0.1) is 12.2 Å². The topological polar surface area (TPSA) is 98.0 Å². The van der Waals surface area contributed by atoms with Crippen molar-refractivity contribution in [2.45, 2.75) is 11.8 Å². The number of sulfonamides is 1. The number of nitrogens with two attached hydrogens (primary N) is 1. The lowest BCUT2D eigenvalue weighted by Gasteiger charge is -2.04. The summed E-state index contributed by atoms with van der Waals surface area (Å²) in [5.41, 5.74) is 6.53. The second kappa shape index (κ2) is 6.00. The second-order valence-electron chi connectivity index (χ2n) is 3.81. The van der Waals surface area contributed by atoms with Crippen molar-refractivity contribution in [3.8, 4) is 11.8 Å². The molecule has 2 heterocycles. The highest BCUT2D eigenvalue weighted by Crippen LogP contribution is 2.19. The molecule has 20 heavy (non-hydrogen) atoms. The first kappa shape index (κ1) is 14.5. The first-order valence-corrected chi connectivity index (χ1v) is 7.96. The van der Waals surface area contributed by atoms with Crippen LogP contribution in [0.5, 0.6) is 0 Å². The van der Waals surface area contributed by atoms with Gasteiger partial charge in [-0.2, -0.15) is 0 Å². The number of thiazole rings is 1. The van der Waals surface area contributed by atoms with E-state index in [-0.39, 0.29) is 11.4 Å². The molecule has 0 radical (unpaired) electrons. The molecular weight excluding hydrogens is 296 g/mol. The number of rotatable bonds is 3. The summed E-state index contributed by atoms with van der Waals surface area (Å²) in [7, 11) is -3.71. The molecule has 0 unspecified atom stereocenters. The molecule has 0 saturated carbocycles. The zero-order chi connectivity index (χ0) is 14.6. The molecule has 2 aromatic rings. The molecular formula is C12H12N4O2S2. The fraction of sp³-hybridized carbons (Fsp3) is 0.167. The maximum atomic E-state index is 12.2. The fourth-order valence-electron chi connectivity index (χ4n) is 1.36. The summed E-state index contributed by atoms with van der Waals surface area (Å²) >= 11 is 1.22. The minimum Gasteiger partial charge on any atom is -0.320 e. The molecule has 0 aliphatic rings. The Balaban J connectivity index is 2.29. The summed E-state index contributed by atoms with van der Waals surface area (Å²) in [5, 5.41) is 2.08. The van der Waals surface area contributed by atoms with Crippen LogP contribution in [0.3, 0.4) is 0 Å². The van der Waals surface area contributed by atoms with Gasteiger partial charge in [0, 0.05) is 23.3 Å². The largest absolute Gasteiger partial charge is 0.320 e. The van der Waals surface area contributed by atoms with E-state index in [2.05, 4.69) is 26.5 Å². The lowest BCUT2D eigenvalue weighted by molar-refractivity contribution is 0.600. The molecule has 0 aliphatic carbocycles. The van der Waals surface area contributed by atoms with Crippen LogP contribution in [0.1, 0.15) is 11.3 Å². The van der Waals surface area contributed by atoms with Crippen LogP contribution in [-0.4, -0.2) is 24.9 Å². The molecule has 2 rings (SSSR count). The van der Waals surface area contributed by atoms with Crippen LogP contribution >= 0.6 is 11.3 Å². The quantitative estimate of drug-likeness (QED) is 0.823. The van der Waals surface area contributed by atoms with Gasteiger partial charge in [0.2, 0.25) is 0 Å². The van der Waals surface area contributed by atoms with Gasteiger partial charge in [0.1, 0.15) is 4.90 Å². The van der Waals surface area contributed by atoms with E-state index in [0.717, 1.165) is 5.69 Å². The summed E-state index contributed by atoms with van der Waals surface area (Å²) in [6.07, 6.45) is 2.74. The minimum atomic E-state index is -3.71. The van der Waals surface area contributed by atoms with Crippen molar-refractivity contribution in [2.24, 2.45) is 5.73 Å². The van der Waals surface area contributed by atoms with Gasteiger partial charge in [0.25, 0.3) is 10.0 Å². The van der Waals surface area contributed by atoms with Crippen molar-refractivity contribution in [2.75, 3.05) is 11.3 Å². The maximum absolute atomic E-state index is 12.2. The molecule has 0 amide bonds. The summed E-state index contributed by atoms with van der Waals surface area (Å²) in [6, 6.07) is 1.44. The van der Waals surface area contributed by atoms with E-state index in [1.807, 2.05) is 0 Å². The molecule has 104 valence electrons. The standard InChI is InChI=1S/C12H12N4O2S2/c1-9-8-19-12(15-9)16-20(17,18)11-5-10(3-2-4-13)6-14-7-11/h5-8H,4,13H2,1H3,(H,15,16). The monoisotopic (exact) mass is 308 g/mol. The Bertz CT molecular complexity index is 772. The van der Waals surface area contributed by atoms with Crippen molar-refractivity contribution >= 4 is 26.5 Å². The van der Waals surface area contributed by atoms with E-state index in [0.29, 0.717) is 10.7 Å². The summed E-state index contributed by atoms with van der Waals surface area (Å²) in [5.74, 6) is 5.39. The Morgan fingerprint density at radius 1 is 1.45 bits per heavy atom. The van der Waals surface area contributed by atoms with Gasteiger partial charge in [-0.3, -0.25) is 9.71 Å². The molecule has 0 atom stereocenters. The fourth-order valence-corrected chi connectivity index (χ4v) is 3.29. The number of hydrogen-bond acceptors (Lipinski definition) is 6. The average Bonchev–Trinajstić information content (AvgIpc) is 2.81. The molecule has 6 nitrogen and oxygen atoms in total. The highest BCUT2D eigenvalue weighted by molar-refractivity contribution is 7.93. The van der Waals surface area contributed by atoms with Crippen LogP contribution in [-0.2, 0) is 10.0 Å². The average molecular weight is 308 g/mol. The van der Waals surface area contributed by atoms with E-state index >= 15 is 0 Å². The van der Waals surface area contributed by atoms with Crippen molar-refractivity contribution in [1.29, 1.82) is 0 Å². The molecule has 0 saturated heterocycles. The predicted octanol–water partition coefficient (Wildman–Crippen LogP) is 0.958. The number of hydrogen-bond donors (Lipinski definition) is 2. The minimum absolute atomic E-state index is 0.0363. The second-order valence-corrected chi connectivity index (χ2v) is 6.36. The molecule has 0 aromatic carbocycles. The molecule has 3 N–H and O–H groups in total. The predicted molar refractivity (Wildman–Crippen MR) is 77.8 cm³/mol. The van der Waals surface area contributed by atoms with E-state index in [1.54, 1.807) is 12.3 Å². The van der Waals surface area contributed by atoms with Gasteiger partial charge in [0.15, 0.2) is 5.13 Å².